The number of piperazine rings is 1. The summed E-state index contributed by atoms with van der Waals surface area (Å²) < 4.78 is 4.25. The van der Waals surface area contributed by atoms with E-state index < -0.39 is 5.97 Å². The Balaban J connectivity index is 0.00000141. The summed E-state index contributed by atoms with van der Waals surface area (Å²) >= 11 is 0. The molecular formula is C30H33N5O5. The van der Waals surface area contributed by atoms with E-state index in [-0.39, 0.29) is 5.56 Å². The smallest absolute Gasteiger partial charge is 0.335 e. The number of rotatable bonds is 9. The first-order valence-electron chi connectivity index (χ1n) is 12.6. The molecule has 10 nitrogen and oxygen atoms in total. The van der Waals surface area contributed by atoms with Gasteiger partial charge in [-0.25, -0.2) is 9.80 Å². The first-order chi connectivity index (χ1) is 19.4. The standard InChI is InChI=1S/C28H27N5O4.C2H6O/c1-21(17-22-4-8-25(9-5-22)32-15-13-31(19-34)14-16-32)27(24-3-2-12-29-18-24)30-33(20-35)26-10-6-23(7-11-26)28(36)37;1-3-2/h2-12,17-20H,13-16H2,1H3,(H,36,37);1-2H3/b21-17+,30-27+;. The molecule has 0 aliphatic carbocycles. The van der Waals surface area contributed by atoms with Crippen LogP contribution in [0.25, 0.3) is 6.08 Å². The van der Waals surface area contributed by atoms with Crippen LogP contribution in [0.4, 0.5) is 11.4 Å². The van der Waals surface area contributed by atoms with Crippen LogP contribution in [0.3, 0.4) is 0 Å². The fourth-order valence-electron chi connectivity index (χ4n) is 4.06. The molecule has 10 heteroatoms. The lowest BCUT2D eigenvalue weighted by atomic mass is 10.0. The number of aromatic carboxylic acids is 1. The average molecular weight is 544 g/mol. The molecule has 2 heterocycles. The van der Waals surface area contributed by atoms with Crippen molar-refractivity contribution in [2.75, 3.05) is 50.3 Å². The van der Waals surface area contributed by atoms with Gasteiger partial charge >= 0.3 is 5.97 Å². The van der Waals surface area contributed by atoms with E-state index in [4.69, 9.17) is 5.11 Å². The van der Waals surface area contributed by atoms with Crippen LogP contribution >= 0.6 is 0 Å². The number of benzene rings is 2. The molecule has 40 heavy (non-hydrogen) atoms. The van der Waals surface area contributed by atoms with Gasteiger partial charge in [0.05, 0.1) is 17.0 Å². The summed E-state index contributed by atoms with van der Waals surface area (Å²) in [5, 5.41) is 14.9. The van der Waals surface area contributed by atoms with Crippen LogP contribution in [0.1, 0.15) is 28.4 Å². The number of carboxylic acids is 1. The molecule has 0 unspecified atom stereocenters. The molecule has 208 valence electrons. The zero-order valence-corrected chi connectivity index (χ0v) is 22.8. The number of hydrazone groups is 1. The Bertz CT molecular complexity index is 1320. The number of hydrogen-bond donors (Lipinski definition) is 1. The van der Waals surface area contributed by atoms with Gasteiger partial charge in [-0.15, -0.1) is 0 Å². The number of carboxylic acid groups (broad SMARTS) is 1. The number of hydrogen-bond acceptors (Lipinski definition) is 7. The minimum absolute atomic E-state index is 0.121. The van der Waals surface area contributed by atoms with Gasteiger partial charge in [0, 0.05) is 64.0 Å². The lowest BCUT2D eigenvalue weighted by Crippen LogP contribution is -2.45. The van der Waals surface area contributed by atoms with Crippen LogP contribution in [0, 0.1) is 0 Å². The van der Waals surface area contributed by atoms with E-state index >= 15 is 0 Å². The summed E-state index contributed by atoms with van der Waals surface area (Å²) in [5.41, 5.74) is 4.72. The predicted molar refractivity (Wildman–Crippen MR) is 156 cm³/mol. The largest absolute Gasteiger partial charge is 0.478 e. The number of pyridine rings is 1. The second kappa shape index (κ2) is 14.9. The SMILES string of the molecule is CC(=C\c1ccc(N2CCN(C=O)CC2)cc1)/C(=N\N(C=O)c1ccc(C(=O)O)cc1)c1cccnc1.COC. The van der Waals surface area contributed by atoms with Crippen LogP contribution in [0.15, 0.2) is 83.7 Å². The molecule has 2 amide bonds. The molecule has 2 aromatic carbocycles. The molecule has 0 bridgehead atoms. The minimum atomic E-state index is -1.04. The maximum atomic E-state index is 11.9. The van der Waals surface area contributed by atoms with E-state index in [9.17, 15) is 14.4 Å². The number of allylic oxidation sites excluding steroid dienone is 1. The second-order valence-corrected chi connectivity index (χ2v) is 8.95. The van der Waals surface area contributed by atoms with Crippen molar-refractivity contribution in [3.8, 4) is 0 Å². The molecule has 1 saturated heterocycles. The quantitative estimate of drug-likeness (QED) is 0.248. The van der Waals surface area contributed by atoms with Crippen molar-refractivity contribution in [3.63, 3.8) is 0 Å². The highest BCUT2D eigenvalue weighted by atomic mass is 16.4. The van der Waals surface area contributed by atoms with Gasteiger partial charge < -0.3 is 19.6 Å². The third kappa shape index (κ3) is 8.08. The molecule has 0 spiro atoms. The average Bonchev–Trinajstić information content (AvgIpc) is 2.99. The molecule has 3 aromatic rings. The van der Waals surface area contributed by atoms with Gasteiger partial charge in [0.2, 0.25) is 12.8 Å². The first-order valence-corrected chi connectivity index (χ1v) is 12.6. The molecule has 0 radical (unpaired) electrons. The lowest BCUT2D eigenvalue weighted by molar-refractivity contribution is -0.118. The summed E-state index contributed by atoms with van der Waals surface area (Å²) in [6.45, 7) is 4.91. The van der Waals surface area contributed by atoms with Crippen LogP contribution in [0.2, 0.25) is 0 Å². The lowest BCUT2D eigenvalue weighted by Gasteiger charge is -2.34. The van der Waals surface area contributed by atoms with Gasteiger partial charge in [-0.05, 0) is 72.7 Å². The van der Waals surface area contributed by atoms with E-state index in [1.165, 1.54) is 29.3 Å². The summed E-state index contributed by atoms with van der Waals surface area (Å²) in [6, 6.07) is 17.7. The Morgan fingerprint density at radius 3 is 2.15 bits per heavy atom. The van der Waals surface area contributed by atoms with Gasteiger partial charge in [-0.3, -0.25) is 14.6 Å². The normalized spacial score (nSPS) is 13.7. The van der Waals surface area contributed by atoms with E-state index in [0.29, 0.717) is 30.9 Å². The number of nitrogens with zero attached hydrogens (tertiary/aromatic N) is 5. The van der Waals surface area contributed by atoms with E-state index in [1.807, 2.05) is 31.2 Å². The molecule has 1 fully saturated rings. The first kappa shape index (κ1) is 29.7. The number of ether oxygens (including phenoxy) is 1. The topological polar surface area (TPSA) is 116 Å². The molecular weight excluding hydrogens is 510 g/mol. The highest BCUT2D eigenvalue weighted by molar-refractivity contribution is 6.15. The number of carbonyl (C=O) groups excluding carboxylic acids is 2. The Morgan fingerprint density at radius 2 is 1.62 bits per heavy atom. The molecule has 4 rings (SSSR count). The van der Waals surface area contributed by atoms with Crippen LogP contribution < -0.4 is 9.91 Å². The third-order valence-electron chi connectivity index (χ3n) is 6.10. The van der Waals surface area contributed by atoms with Crippen molar-refractivity contribution in [1.29, 1.82) is 0 Å². The molecule has 1 aliphatic heterocycles. The molecule has 0 atom stereocenters. The van der Waals surface area contributed by atoms with Crippen molar-refractivity contribution < 1.29 is 24.2 Å². The van der Waals surface area contributed by atoms with Crippen molar-refractivity contribution in [2.45, 2.75) is 6.92 Å². The van der Waals surface area contributed by atoms with Crippen LogP contribution in [0.5, 0.6) is 0 Å². The third-order valence-corrected chi connectivity index (χ3v) is 6.10. The zero-order valence-electron chi connectivity index (χ0n) is 22.8. The van der Waals surface area contributed by atoms with Gasteiger partial charge in [-0.1, -0.05) is 12.1 Å². The van der Waals surface area contributed by atoms with Crippen LogP contribution in [-0.4, -0.2) is 79.9 Å². The molecule has 1 N–H and O–H groups in total. The monoisotopic (exact) mass is 543 g/mol. The predicted octanol–water partition coefficient (Wildman–Crippen LogP) is 3.79. The number of carbonyl (C=O) groups is 3. The fraction of sp³-hybridized carbons (Fsp3) is 0.233. The number of anilines is 2. The maximum absolute atomic E-state index is 11.9. The molecule has 1 aliphatic rings. The van der Waals surface area contributed by atoms with Gasteiger partial charge in [-0.2, -0.15) is 5.10 Å². The summed E-state index contributed by atoms with van der Waals surface area (Å²) in [7, 11) is 3.25. The van der Waals surface area contributed by atoms with E-state index in [1.54, 1.807) is 37.6 Å². The summed E-state index contributed by atoms with van der Waals surface area (Å²) in [4.78, 5) is 42.3. The fourth-order valence-corrected chi connectivity index (χ4v) is 4.06. The summed E-state index contributed by atoms with van der Waals surface area (Å²) in [5.74, 6) is -1.04. The summed E-state index contributed by atoms with van der Waals surface area (Å²) in [6.07, 6.45) is 6.80. The Kier molecular flexibility index (Phi) is 11.1. The van der Waals surface area contributed by atoms with Crippen molar-refractivity contribution >= 4 is 42.0 Å². The van der Waals surface area contributed by atoms with Crippen molar-refractivity contribution in [3.05, 3.63) is 95.3 Å². The minimum Gasteiger partial charge on any atom is -0.478 e. The second-order valence-electron chi connectivity index (χ2n) is 8.95. The van der Waals surface area contributed by atoms with Crippen LogP contribution in [-0.2, 0) is 14.3 Å². The number of methoxy groups -OCH3 is 1. The highest BCUT2D eigenvalue weighted by Crippen LogP contribution is 2.21. The van der Waals surface area contributed by atoms with Crippen molar-refractivity contribution in [2.24, 2.45) is 5.10 Å². The Labute approximate surface area is 233 Å². The molecule has 1 aromatic heterocycles. The number of aromatic nitrogens is 1. The highest BCUT2D eigenvalue weighted by Gasteiger charge is 2.16. The number of amides is 2. The zero-order chi connectivity index (χ0) is 28.9. The van der Waals surface area contributed by atoms with E-state index in [0.717, 1.165) is 41.9 Å². The van der Waals surface area contributed by atoms with Gasteiger partial charge in [0.25, 0.3) is 0 Å². The van der Waals surface area contributed by atoms with Gasteiger partial charge in [0.15, 0.2) is 0 Å². The Hall–Kier alpha value is -4.83. The maximum Gasteiger partial charge on any atom is 0.335 e. The Morgan fingerprint density at radius 1 is 0.975 bits per heavy atom. The van der Waals surface area contributed by atoms with Gasteiger partial charge in [0.1, 0.15) is 0 Å². The van der Waals surface area contributed by atoms with E-state index in [2.05, 4.69) is 31.9 Å². The molecule has 0 saturated carbocycles. The van der Waals surface area contributed by atoms with Crippen molar-refractivity contribution in [1.82, 2.24) is 9.88 Å².